The highest BCUT2D eigenvalue weighted by molar-refractivity contribution is 7.15. The standard InChI is InChI=1S/C14H19N3OS/c1-2-18-10-12-6-4-3-5-11(12)7-16-8-13-9-17-14(15)19-13/h3-6,9,16H,2,7-8,10H2,1H3,(H2,15,17). The van der Waals surface area contributed by atoms with Crippen molar-refractivity contribution in [1.29, 1.82) is 0 Å². The van der Waals surface area contributed by atoms with Gasteiger partial charge in [-0.15, -0.1) is 11.3 Å². The van der Waals surface area contributed by atoms with Crippen LogP contribution in [0.1, 0.15) is 22.9 Å². The van der Waals surface area contributed by atoms with Crippen molar-refractivity contribution in [2.75, 3.05) is 12.3 Å². The number of ether oxygens (including phenoxy) is 1. The van der Waals surface area contributed by atoms with Gasteiger partial charge in [0.15, 0.2) is 5.13 Å². The molecule has 19 heavy (non-hydrogen) atoms. The van der Waals surface area contributed by atoms with Gasteiger partial charge in [-0.25, -0.2) is 4.98 Å². The number of nitrogens with zero attached hydrogens (tertiary/aromatic N) is 1. The van der Waals surface area contributed by atoms with Crippen molar-refractivity contribution in [2.45, 2.75) is 26.6 Å². The Labute approximate surface area is 117 Å². The van der Waals surface area contributed by atoms with Crippen molar-refractivity contribution in [3.8, 4) is 0 Å². The fraction of sp³-hybridized carbons (Fsp3) is 0.357. The smallest absolute Gasteiger partial charge is 0.180 e. The number of benzene rings is 1. The van der Waals surface area contributed by atoms with Gasteiger partial charge >= 0.3 is 0 Å². The molecule has 4 nitrogen and oxygen atoms in total. The molecule has 0 aliphatic rings. The molecule has 102 valence electrons. The first-order valence-corrected chi connectivity index (χ1v) is 7.16. The summed E-state index contributed by atoms with van der Waals surface area (Å²) in [4.78, 5) is 5.19. The Hall–Kier alpha value is -1.43. The third-order valence-electron chi connectivity index (χ3n) is 2.77. The Morgan fingerprint density at radius 1 is 1.26 bits per heavy atom. The second kappa shape index (κ2) is 7.23. The van der Waals surface area contributed by atoms with E-state index in [1.54, 1.807) is 0 Å². The zero-order valence-electron chi connectivity index (χ0n) is 11.1. The van der Waals surface area contributed by atoms with Crippen molar-refractivity contribution in [3.05, 3.63) is 46.5 Å². The molecule has 0 radical (unpaired) electrons. The van der Waals surface area contributed by atoms with Crippen LogP contribution in [0.5, 0.6) is 0 Å². The average Bonchev–Trinajstić information content (AvgIpc) is 2.83. The first-order valence-electron chi connectivity index (χ1n) is 6.35. The van der Waals surface area contributed by atoms with E-state index in [2.05, 4.69) is 28.5 Å². The summed E-state index contributed by atoms with van der Waals surface area (Å²) in [5.74, 6) is 0. The molecule has 0 bridgehead atoms. The second-order valence-electron chi connectivity index (χ2n) is 4.17. The van der Waals surface area contributed by atoms with E-state index in [4.69, 9.17) is 10.5 Å². The highest BCUT2D eigenvalue weighted by Crippen LogP contribution is 2.14. The molecular weight excluding hydrogens is 258 g/mol. The Bertz CT molecular complexity index is 513. The zero-order valence-corrected chi connectivity index (χ0v) is 11.9. The van der Waals surface area contributed by atoms with Crippen molar-refractivity contribution in [1.82, 2.24) is 10.3 Å². The largest absolute Gasteiger partial charge is 0.377 e. The van der Waals surface area contributed by atoms with Gasteiger partial charge in [0.05, 0.1) is 6.61 Å². The Morgan fingerprint density at radius 3 is 2.74 bits per heavy atom. The molecule has 2 aromatic rings. The molecule has 1 aromatic heterocycles. The molecule has 0 aliphatic heterocycles. The highest BCUT2D eigenvalue weighted by Gasteiger charge is 2.02. The SMILES string of the molecule is CCOCc1ccccc1CNCc1cnc(N)s1. The molecule has 0 saturated heterocycles. The summed E-state index contributed by atoms with van der Waals surface area (Å²) in [6.07, 6.45) is 1.82. The number of hydrogen-bond donors (Lipinski definition) is 2. The topological polar surface area (TPSA) is 60.2 Å². The summed E-state index contributed by atoms with van der Waals surface area (Å²) in [7, 11) is 0. The second-order valence-corrected chi connectivity index (χ2v) is 5.32. The van der Waals surface area contributed by atoms with Crippen LogP contribution in [0.3, 0.4) is 0 Å². The molecule has 5 heteroatoms. The number of rotatable bonds is 7. The van der Waals surface area contributed by atoms with Crippen molar-refractivity contribution in [2.24, 2.45) is 0 Å². The van der Waals surface area contributed by atoms with Gasteiger partial charge in [0.1, 0.15) is 0 Å². The number of hydrogen-bond acceptors (Lipinski definition) is 5. The monoisotopic (exact) mass is 277 g/mol. The van der Waals surface area contributed by atoms with E-state index < -0.39 is 0 Å². The number of anilines is 1. The lowest BCUT2D eigenvalue weighted by atomic mass is 10.1. The summed E-state index contributed by atoms with van der Waals surface area (Å²) >= 11 is 1.52. The van der Waals surface area contributed by atoms with Gasteiger partial charge in [-0.05, 0) is 18.1 Å². The Balaban J connectivity index is 1.88. The molecule has 0 atom stereocenters. The van der Waals surface area contributed by atoms with Crippen molar-refractivity contribution in [3.63, 3.8) is 0 Å². The maximum atomic E-state index is 5.60. The normalized spacial score (nSPS) is 10.8. The maximum Gasteiger partial charge on any atom is 0.180 e. The minimum Gasteiger partial charge on any atom is -0.377 e. The minimum atomic E-state index is 0.619. The zero-order chi connectivity index (χ0) is 13.5. The van der Waals surface area contributed by atoms with E-state index in [0.29, 0.717) is 11.7 Å². The molecule has 0 spiro atoms. The van der Waals surface area contributed by atoms with Crippen molar-refractivity contribution >= 4 is 16.5 Å². The average molecular weight is 277 g/mol. The van der Waals surface area contributed by atoms with Crippen molar-refractivity contribution < 1.29 is 4.74 Å². The number of aromatic nitrogens is 1. The number of nitrogens with one attached hydrogen (secondary N) is 1. The quantitative estimate of drug-likeness (QED) is 0.816. The van der Waals surface area contributed by atoms with Gasteiger partial charge in [-0.2, -0.15) is 0 Å². The van der Waals surface area contributed by atoms with Crippen LogP contribution >= 0.6 is 11.3 Å². The molecule has 3 N–H and O–H groups in total. The van der Waals surface area contributed by atoms with Crippen LogP contribution in [0.15, 0.2) is 30.5 Å². The molecule has 0 saturated carbocycles. The van der Waals surface area contributed by atoms with Gasteiger partial charge in [0, 0.05) is 30.8 Å². The molecule has 0 fully saturated rings. The molecule has 1 heterocycles. The maximum absolute atomic E-state index is 5.60. The number of nitrogens with two attached hydrogens (primary N) is 1. The molecule has 0 unspecified atom stereocenters. The number of thiazole rings is 1. The lowest BCUT2D eigenvalue weighted by Crippen LogP contribution is -2.13. The Morgan fingerprint density at radius 2 is 2.05 bits per heavy atom. The summed E-state index contributed by atoms with van der Waals surface area (Å²) in [5.41, 5.74) is 8.11. The van der Waals surface area contributed by atoms with Gasteiger partial charge in [0.2, 0.25) is 0 Å². The number of nitrogen functional groups attached to an aromatic ring is 1. The first kappa shape index (κ1) is 14.0. The van der Waals surface area contributed by atoms with E-state index in [-0.39, 0.29) is 0 Å². The van der Waals surface area contributed by atoms with E-state index in [1.807, 2.05) is 19.2 Å². The minimum absolute atomic E-state index is 0.619. The van der Waals surface area contributed by atoms with Crippen LogP contribution in [0, 0.1) is 0 Å². The van der Waals surface area contributed by atoms with Gasteiger partial charge in [0.25, 0.3) is 0 Å². The van der Waals surface area contributed by atoms with Crippen LogP contribution in [0.25, 0.3) is 0 Å². The van der Waals surface area contributed by atoms with Crippen LogP contribution in [-0.2, 0) is 24.4 Å². The fourth-order valence-corrected chi connectivity index (χ4v) is 2.46. The fourth-order valence-electron chi connectivity index (χ4n) is 1.81. The first-order chi connectivity index (χ1) is 9.29. The summed E-state index contributed by atoms with van der Waals surface area (Å²) in [5, 5.41) is 4.03. The Kier molecular flexibility index (Phi) is 5.32. The van der Waals surface area contributed by atoms with Crippen LogP contribution < -0.4 is 11.1 Å². The summed E-state index contributed by atoms with van der Waals surface area (Å²) < 4.78 is 5.48. The van der Waals surface area contributed by atoms with E-state index in [1.165, 1.54) is 22.5 Å². The van der Waals surface area contributed by atoms with E-state index in [0.717, 1.165) is 24.6 Å². The van der Waals surface area contributed by atoms with Crippen LogP contribution in [0.2, 0.25) is 0 Å². The van der Waals surface area contributed by atoms with E-state index >= 15 is 0 Å². The van der Waals surface area contributed by atoms with Crippen LogP contribution in [0.4, 0.5) is 5.13 Å². The third kappa shape index (κ3) is 4.31. The molecule has 0 amide bonds. The van der Waals surface area contributed by atoms with E-state index in [9.17, 15) is 0 Å². The molecule has 0 aliphatic carbocycles. The van der Waals surface area contributed by atoms with Gasteiger partial charge in [-0.3, -0.25) is 0 Å². The van der Waals surface area contributed by atoms with Gasteiger partial charge in [-0.1, -0.05) is 24.3 Å². The molecule has 2 rings (SSSR count). The molecule has 1 aromatic carbocycles. The third-order valence-corrected chi connectivity index (χ3v) is 3.59. The lowest BCUT2D eigenvalue weighted by molar-refractivity contribution is 0.133. The predicted octanol–water partition coefficient (Wildman–Crippen LogP) is 2.55. The molecular formula is C14H19N3OS. The van der Waals surface area contributed by atoms with Crippen LogP contribution in [-0.4, -0.2) is 11.6 Å². The predicted molar refractivity (Wildman–Crippen MR) is 78.8 cm³/mol. The lowest BCUT2D eigenvalue weighted by Gasteiger charge is -2.10. The summed E-state index contributed by atoms with van der Waals surface area (Å²) in [6.45, 7) is 5.03. The van der Waals surface area contributed by atoms with Gasteiger partial charge < -0.3 is 15.8 Å². The highest BCUT2D eigenvalue weighted by atomic mass is 32.1. The summed E-state index contributed by atoms with van der Waals surface area (Å²) in [6, 6.07) is 8.33.